The van der Waals surface area contributed by atoms with Crippen LogP contribution in [0.3, 0.4) is 0 Å². The lowest BCUT2D eigenvalue weighted by molar-refractivity contribution is -0.111. The first kappa shape index (κ1) is 16.2. The third kappa shape index (κ3) is 4.34. The van der Waals surface area contributed by atoms with Crippen LogP contribution in [0.25, 0.3) is 0 Å². The van der Waals surface area contributed by atoms with Crippen LogP contribution in [0.2, 0.25) is 0 Å². The molecular weight excluding hydrogens is 236 g/mol. The molecule has 0 aromatic heterocycles. The van der Waals surface area contributed by atoms with E-state index in [1.165, 1.54) is 12.8 Å². The Morgan fingerprint density at radius 1 is 1.37 bits per heavy atom. The molecule has 110 valence electrons. The monoisotopic (exact) mass is 266 g/mol. The molecule has 1 heterocycles. The van der Waals surface area contributed by atoms with Crippen molar-refractivity contribution in [3.05, 3.63) is 12.3 Å². The number of hydrogen-bond donors (Lipinski definition) is 1. The maximum absolute atomic E-state index is 11.3. The van der Waals surface area contributed by atoms with Crippen LogP contribution in [0.4, 0.5) is 0 Å². The zero-order valence-electron chi connectivity index (χ0n) is 13.2. The normalized spacial score (nSPS) is 23.2. The number of likely N-dealkylation sites (tertiary alicyclic amines) is 1. The number of carbonyl (C=O) groups is 1. The van der Waals surface area contributed by atoms with E-state index in [4.69, 9.17) is 0 Å². The molecule has 0 aromatic rings. The minimum absolute atomic E-state index is 0.0813. The maximum atomic E-state index is 11.3. The van der Waals surface area contributed by atoms with Crippen LogP contribution in [-0.2, 0) is 4.79 Å². The molecule has 0 saturated carbocycles. The summed E-state index contributed by atoms with van der Waals surface area (Å²) in [6, 6.07) is 0.711. The van der Waals surface area contributed by atoms with E-state index in [9.17, 15) is 4.79 Å². The van der Waals surface area contributed by atoms with Crippen LogP contribution >= 0.6 is 0 Å². The van der Waals surface area contributed by atoms with E-state index in [-0.39, 0.29) is 11.5 Å². The van der Waals surface area contributed by atoms with Crippen molar-refractivity contribution in [1.29, 1.82) is 0 Å². The van der Waals surface area contributed by atoms with E-state index >= 15 is 0 Å². The Kier molecular flexibility index (Phi) is 5.60. The summed E-state index contributed by atoms with van der Waals surface area (Å²) in [5.41, 5.74) is 0.919. The molecule has 3 nitrogen and oxygen atoms in total. The summed E-state index contributed by atoms with van der Waals surface area (Å²) in [6.07, 6.45) is 4.65. The summed E-state index contributed by atoms with van der Waals surface area (Å²) >= 11 is 0. The van der Waals surface area contributed by atoms with Gasteiger partial charge in [-0.25, -0.2) is 0 Å². The van der Waals surface area contributed by atoms with Crippen molar-refractivity contribution < 1.29 is 4.79 Å². The summed E-state index contributed by atoms with van der Waals surface area (Å²) in [7, 11) is 0. The molecule has 0 bridgehead atoms. The predicted octanol–water partition coefficient (Wildman–Crippen LogP) is 2.97. The molecule has 19 heavy (non-hydrogen) atoms. The Hall–Kier alpha value is -0.830. The highest BCUT2D eigenvalue weighted by molar-refractivity contribution is 5.59. The van der Waals surface area contributed by atoms with Crippen molar-refractivity contribution in [3.8, 4) is 0 Å². The number of rotatable bonds is 5. The van der Waals surface area contributed by atoms with Crippen LogP contribution in [0, 0.1) is 5.41 Å². The summed E-state index contributed by atoms with van der Waals surface area (Å²) in [6.45, 7) is 16.0. The van der Waals surface area contributed by atoms with E-state index < -0.39 is 0 Å². The van der Waals surface area contributed by atoms with E-state index in [2.05, 4.69) is 51.4 Å². The molecule has 0 aromatic carbocycles. The molecule has 0 aliphatic carbocycles. The highest BCUT2D eigenvalue weighted by Crippen LogP contribution is 2.25. The second-order valence-electron chi connectivity index (χ2n) is 6.99. The van der Waals surface area contributed by atoms with E-state index in [1.54, 1.807) is 0 Å². The molecule has 2 atom stereocenters. The van der Waals surface area contributed by atoms with Gasteiger partial charge < -0.3 is 10.1 Å². The molecule has 3 heteroatoms. The quantitative estimate of drug-likeness (QED) is 0.777. The van der Waals surface area contributed by atoms with Gasteiger partial charge in [0.25, 0.3) is 0 Å². The zero-order valence-corrected chi connectivity index (χ0v) is 13.2. The number of piperidine rings is 1. The van der Waals surface area contributed by atoms with Gasteiger partial charge in [0.15, 0.2) is 0 Å². The molecule has 1 unspecified atom stereocenters. The molecule has 1 saturated heterocycles. The number of aldehydes is 1. The first-order valence-corrected chi connectivity index (χ1v) is 7.43. The molecule has 1 aliphatic heterocycles. The summed E-state index contributed by atoms with van der Waals surface area (Å²) in [5, 5.41) is 3.36. The van der Waals surface area contributed by atoms with Crippen molar-refractivity contribution in [1.82, 2.24) is 10.2 Å². The average Bonchev–Trinajstić information content (AvgIpc) is 2.34. The predicted molar refractivity (Wildman–Crippen MR) is 81.1 cm³/mol. The molecule has 1 N–H and O–H groups in total. The second kappa shape index (κ2) is 6.56. The van der Waals surface area contributed by atoms with E-state index in [0.717, 1.165) is 24.9 Å². The van der Waals surface area contributed by atoms with Gasteiger partial charge in [0.05, 0.1) is 6.04 Å². The Bertz CT molecular complexity index is 317. The fourth-order valence-corrected chi connectivity index (χ4v) is 2.70. The molecule has 0 amide bonds. The Labute approximate surface area is 118 Å². The lowest BCUT2D eigenvalue weighted by atomic mass is 9.87. The van der Waals surface area contributed by atoms with Crippen molar-refractivity contribution >= 4 is 6.29 Å². The van der Waals surface area contributed by atoms with Crippen LogP contribution < -0.4 is 5.32 Å². The molecule has 0 spiro atoms. The standard InChI is InChI=1S/C16H30N2O/c1-12(2)18-10-8-7-9-14(18)13(3)17-15(11-19)16(4,5)6/h11-12,14-15,17H,3,7-10H2,1-2,4-6H3/t14-,15?/m1/s1. The third-order valence-corrected chi connectivity index (χ3v) is 4.02. The first-order chi connectivity index (χ1) is 8.77. The third-order valence-electron chi connectivity index (χ3n) is 4.02. The smallest absolute Gasteiger partial charge is 0.142 e. The fourth-order valence-electron chi connectivity index (χ4n) is 2.70. The first-order valence-electron chi connectivity index (χ1n) is 7.43. The van der Waals surface area contributed by atoms with Gasteiger partial charge in [-0.15, -0.1) is 0 Å². The van der Waals surface area contributed by atoms with Gasteiger partial charge in [-0.05, 0) is 38.6 Å². The van der Waals surface area contributed by atoms with Gasteiger partial charge >= 0.3 is 0 Å². The highest BCUT2D eigenvalue weighted by Gasteiger charge is 2.30. The van der Waals surface area contributed by atoms with Gasteiger partial charge in [0, 0.05) is 17.8 Å². The van der Waals surface area contributed by atoms with Crippen molar-refractivity contribution in [3.63, 3.8) is 0 Å². The highest BCUT2D eigenvalue weighted by atomic mass is 16.1. The van der Waals surface area contributed by atoms with Crippen molar-refractivity contribution in [2.24, 2.45) is 5.41 Å². The minimum atomic E-state index is -0.170. The average molecular weight is 266 g/mol. The van der Waals surface area contributed by atoms with Gasteiger partial charge in [-0.3, -0.25) is 4.90 Å². The summed E-state index contributed by atoms with van der Waals surface area (Å²) in [4.78, 5) is 13.8. The second-order valence-corrected chi connectivity index (χ2v) is 6.99. The molecule has 1 aliphatic rings. The van der Waals surface area contributed by atoms with Crippen LogP contribution in [-0.4, -0.2) is 35.9 Å². The molecule has 0 radical (unpaired) electrons. The molecule has 1 fully saturated rings. The Morgan fingerprint density at radius 2 is 2.00 bits per heavy atom. The lowest BCUT2D eigenvalue weighted by Crippen LogP contribution is -2.50. The van der Waals surface area contributed by atoms with Gasteiger partial charge in [0.1, 0.15) is 6.29 Å². The Morgan fingerprint density at radius 3 is 2.47 bits per heavy atom. The molecule has 1 rings (SSSR count). The topological polar surface area (TPSA) is 32.3 Å². The van der Waals surface area contributed by atoms with E-state index in [1.807, 2.05) is 0 Å². The van der Waals surface area contributed by atoms with E-state index in [0.29, 0.717) is 12.1 Å². The van der Waals surface area contributed by atoms with Crippen molar-refractivity contribution in [2.45, 2.75) is 72.0 Å². The SMILES string of the molecule is C=C(NC(C=O)C(C)(C)C)[C@H]1CCCCN1C(C)C. The lowest BCUT2D eigenvalue weighted by Gasteiger charge is -2.41. The van der Waals surface area contributed by atoms with Gasteiger partial charge in [-0.2, -0.15) is 0 Å². The number of hydrogen-bond acceptors (Lipinski definition) is 3. The maximum Gasteiger partial charge on any atom is 0.142 e. The number of nitrogens with one attached hydrogen (secondary N) is 1. The summed E-state index contributed by atoms with van der Waals surface area (Å²) in [5.74, 6) is 0. The van der Waals surface area contributed by atoms with Crippen LogP contribution in [0.1, 0.15) is 53.9 Å². The van der Waals surface area contributed by atoms with Crippen LogP contribution in [0.5, 0.6) is 0 Å². The fraction of sp³-hybridized carbons (Fsp3) is 0.812. The van der Waals surface area contributed by atoms with Crippen molar-refractivity contribution in [2.75, 3.05) is 6.54 Å². The number of carbonyl (C=O) groups excluding carboxylic acids is 1. The molecular formula is C16H30N2O. The number of nitrogens with zero attached hydrogens (tertiary/aromatic N) is 1. The Balaban J connectivity index is 2.72. The zero-order chi connectivity index (χ0) is 14.6. The van der Waals surface area contributed by atoms with Gasteiger partial charge in [0.2, 0.25) is 0 Å². The van der Waals surface area contributed by atoms with Crippen LogP contribution in [0.15, 0.2) is 12.3 Å². The summed E-state index contributed by atoms with van der Waals surface area (Å²) < 4.78 is 0. The minimum Gasteiger partial charge on any atom is -0.378 e. The van der Waals surface area contributed by atoms with Gasteiger partial charge in [-0.1, -0.05) is 33.8 Å². The largest absolute Gasteiger partial charge is 0.378 e.